The fourth-order valence-electron chi connectivity index (χ4n) is 2.96. The molecule has 1 heterocycles. The Morgan fingerprint density at radius 2 is 1.88 bits per heavy atom. The van der Waals surface area contributed by atoms with Gasteiger partial charge in [-0.15, -0.1) is 0 Å². The average molecular weight is 244 g/mol. The third-order valence-electron chi connectivity index (χ3n) is 3.73. The van der Waals surface area contributed by atoms with Crippen LogP contribution in [0, 0.1) is 11.3 Å². The molecule has 1 fully saturated rings. The number of aliphatic hydroxyl groups is 2. The topological polar surface area (TPSA) is 49.7 Å². The lowest BCUT2D eigenvalue weighted by Crippen LogP contribution is -2.36. The van der Waals surface area contributed by atoms with E-state index in [0.29, 0.717) is 5.92 Å². The Morgan fingerprint density at radius 3 is 2.24 bits per heavy atom. The number of rotatable bonds is 6. The van der Waals surface area contributed by atoms with Gasteiger partial charge in [-0.2, -0.15) is 0 Å². The monoisotopic (exact) mass is 244 g/mol. The summed E-state index contributed by atoms with van der Waals surface area (Å²) in [5, 5.41) is 19.2. The molecule has 1 aliphatic heterocycles. The molecule has 0 radical (unpaired) electrons. The standard InChI is InChI=1S/C14H28O3/c1-11(2)7-14(9-15,10-16)8-12-5-6-13(3,4)17-12/h11-12,15-16H,5-10H2,1-4H3. The molecule has 3 heteroatoms. The van der Waals surface area contributed by atoms with E-state index in [4.69, 9.17) is 4.74 Å². The van der Waals surface area contributed by atoms with Crippen LogP contribution in [0.25, 0.3) is 0 Å². The lowest BCUT2D eigenvalue weighted by atomic mass is 9.76. The molecule has 0 aromatic heterocycles. The van der Waals surface area contributed by atoms with Gasteiger partial charge in [0.15, 0.2) is 0 Å². The van der Waals surface area contributed by atoms with E-state index in [1.165, 1.54) is 0 Å². The Balaban J connectivity index is 2.61. The maximum absolute atomic E-state index is 9.60. The number of ether oxygens (including phenoxy) is 1. The van der Waals surface area contributed by atoms with Gasteiger partial charge in [-0.05, 0) is 45.4 Å². The zero-order valence-corrected chi connectivity index (χ0v) is 11.7. The van der Waals surface area contributed by atoms with Gasteiger partial charge in [0.1, 0.15) is 0 Å². The Hall–Kier alpha value is -0.120. The highest BCUT2D eigenvalue weighted by Crippen LogP contribution is 2.38. The molecule has 0 aromatic rings. The molecule has 1 atom stereocenters. The van der Waals surface area contributed by atoms with Crippen molar-refractivity contribution < 1.29 is 14.9 Å². The zero-order valence-electron chi connectivity index (χ0n) is 11.7. The van der Waals surface area contributed by atoms with Crippen molar-refractivity contribution in [1.29, 1.82) is 0 Å². The molecule has 0 aliphatic carbocycles. The van der Waals surface area contributed by atoms with Crippen molar-refractivity contribution in [3.8, 4) is 0 Å². The van der Waals surface area contributed by atoms with Crippen LogP contribution in [0.1, 0.15) is 53.4 Å². The molecule has 1 aliphatic rings. The Kier molecular flexibility index (Phi) is 4.99. The van der Waals surface area contributed by atoms with E-state index < -0.39 is 0 Å². The Labute approximate surface area is 105 Å². The fraction of sp³-hybridized carbons (Fsp3) is 1.00. The highest BCUT2D eigenvalue weighted by atomic mass is 16.5. The SMILES string of the molecule is CC(C)CC(CO)(CO)CC1CCC(C)(C)O1. The molecule has 0 saturated carbocycles. The van der Waals surface area contributed by atoms with Gasteiger partial charge in [-0.1, -0.05) is 13.8 Å². The van der Waals surface area contributed by atoms with Gasteiger partial charge < -0.3 is 14.9 Å². The quantitative estimate of drug-likeness (QED) is 0.754. The summed E-state index contributed by atoms with van der Waals surface area (Å²) in [6.45, 7) is 8.55. The van der Waals surface area contributed by atoms with Crippen LogP contribution in [-0.4, -0.2) is 35.1 Å². The van der Waals surface area contributed by atoms with Crippen molar-refractivity contribution in [1.82, 2.24) is 0 Å². The minimum absolute atomic E-state index is 0.0425. The van der Waals surface area contributed by atoms with E-state index in [9.17, 15) is 10.2 Å². The predicted molar refractivity (Wildman–Crippen MR) is 68.9 cm³/mol. The third-order valence-corrected chi connectivity index (χ3v) is 3.73. The highest BCUT2D eigenvalue weighted by molar-refractivity contribution is 4.88. The van der Waals surface area contributed by atoms with Gasteiger partial charge in [0.25, 0.3) is 0 Å². The smallest absolute Gasteiger partial charge is 0.0631 e. The van der Waals surface area contributed by atoms with Crippen molar-refractivity contribution in [2.75, 3.05) is 13.2 Å². The molecule has 0 aromatic carbocycles. The van der Waals surface area contributed by atoms with Crippen molar-refractivity contribution in [2.45, 2.75) is 65.1 Å². The van der Waals surface area contributed by atoms with Crippen molar-refractivity contribution in [3.05, 3.63) is 0 Å². The zero-order chi connectivity index (χ0) is 13.1. The van der Waals surface area contributed by atoms with Crippen molar-refractivity contribution in [3.63, 3.8) is 0 Å². The Morgan fingerprint density at radius 1 is 1.29 bits per heavy atom. The van der Waals surface area contributed by atoms with Crippen LogP contribution in [0.15, 0.2) is 0 Å². The summed E-state index contributed by atoms with van der Waals surface area (Å²) in [5.74, 6) is 0.476. The normalized spacial score (nSPS) is 24.5. The molecule has 1 rings (SSSR count). The molecular weight excluding hydrogens is 216 g/mol. The first-order chi connectivity index (χ1) is 7.82. The first-order valence-corrected chi connectivity index (χ1v) is 6.72. The minimum Gasteiger partial charge on any atom is -0.396 e. The molecule has 17 heavy (non-hydrogen) atoms. The summed E-state index contributed by atoms with van der Waals surface area (Å²) in [4.78, 5) is 0. The highest BCUT2D eigenvalue weighted by Gasteiger charge is 2.38. The van der Waals surface area contributed by atoms with Gasteiger partial charge >= 0.3 is 0 Å². The first-order valence-electron chi connectivity index (χ1n) is 6.72. The van der Waals surface area contributed by atoms with Crippen LogP contribution in [0.2, 0.25) is 0 Å². The van der Waals surface area contributed by atoms with Crippen LogP contribution in [-0.2, 0) is 4.74 Å². The maximum atomic E-state index is 9.60. The Bertz CT molecular complexity index is 232. The lowest BCUT2D eigenvalue weighted by molar-refractivity contribution is -0.0607. The summed E-state index contributed by atoms with van der Waals surface area (Å²) < 4.78 is 5.97. The molecular formula is C14H28O3. The second-order valence-electron chi connectivity index (χ2n) is 6.66. The van der Waals surface area contributed by atoms with Gasteiger partial charge in [-0.3, -0.25) is 0 Å². The van der Waals surface area contributed by atoms with Crippen LogP contribution in [0.4, 0.5) is 0 Å². The van der Waals surface area contributed by atoms with E-state index in [0.717, 1.165) is 25.7 Å². The van der Waals surface area contributed by atoms with E-state index >= 15 is 0 Å². The third kappa shape index (κ3) is 4.23. The van der Waals surface area contributed by atoms with Crippen LogP contribution >= 0.6 is 0 Å². The largest absolute Gasteiger partial charge is 0.396 e. The molecule has 0 amide bonds. The summed E-state index contributed by atoms with van der Waals surface area (Å²) >= 11 is 0. The summed E-state index contributed by atoms with van der Waals surface area (Å²) in [5.41, 5.74) is -0.418. The van der Waals surface area contributed by atoms with Crippen LogP contribution in [0.5, 0.6) is 0 Å². The van der Waals surface area contributed by atoms with Crippen molar-refractivity contribution >= 4 is 0 Å². The number of hydrogen-bond acceptors (Lipinski definition) is 3. The molecule has 2 N–H and O–H groups in total. The molecule has 0 spiro atoms. The lowest BCUT2D eigenvalue weighted by Gasteiger charge is -2.34. The van der Waals surface area contributed by atoms with Crippen LogP contribution < -0.4 is 0 Å². The van der Waals surface area contributed by atoms with E-state index in [2.05, 4.69) is 27.7 Å². The van der Waals surface area contributed by atoms with Gasteiger partial charge in [0, 0.05) is 5.41 Å². The predicted octanol–water partition coefficient (Wildman–Crippen LogP) is 2.35. The second-order valence-corrected chi connectivity index (χ2v) is 6.66. The summed E-state index contributed by atoms with van der Waals surface area (Å²) in [6.07, 6.45) is 3.89. The number of hydrogen-bond donors (Lipinski definition) is 2. The first kappa shape index (κ1) is 14.9. The second kappa shape index (κ2) is 5.68. The molecule has 3 nitrogen and oxygen atoms in total. The summed E-state index contributed by atoms with van der Waals surface area (Å²) in [7, 11) is 0. The van der Waals surface area contributed by atoms with Crippen LogP contribution in [0.3, 0.4) is 0 Å². The molecule has 1 unspecified atom stereocenters. The van der Waals surface area contributed by atoms with Gasteiger partial charge in [0.05, 0.1) is 24.9 Å². The van der Waals surface area contributed by atoms with E-state index in [1.54, 1.807) is 0 Å². The molecule has 1 saturated heterocycles. The van der Waals surface area contributed by atoms with E-state index in [1.807, 2.05) is 0 Å². The van der Waals surface area contributed by atoms with Gasteiger partial charge in [0.2, 0.25) is 0 Å². The fourth-order valence-corrected chi connectivity index (χ4v) is 2.96. The maximum Gasteiger partial charge on any atom is 0.0631 e. The van der Waals surface area contributed by atoms with E-state index in [-0.39, 0.29) is 30.3 Å². The molecule has 0 bridgehead atoms. The number of aliphatic hydroxyl groups excluding tert-OH is 2. The summed E-state index contributed by atoms with van der Waals surface area (Å²) in [6, 6.07) is 0. The van der Waals surface area contributed by atoms with Gasteiger partial charge in [-0.25, -0.2) is 0 Å². The minimum atomic E-state index is -0.376. The molecule has 102 valence electrons. The average Bonchev–Trinajstić information content (AvgIpc) is 2.56. The van der Waals surface area contributed by atoms with Crippen molar-refractivity contribution in [2.24, 2.45) is 11.3 Å².